The molecule has 0 aliphatic rings. The summed E-state index contributed by atoms with van der Waals surface area (Å²) in [6.45, 7) is 10.6. The predicted molar refractivity (Wildman–Crippen MR) is 98.0 cm³/mol. The van der Waals surface area contributed by atoms with Crippen LogP contribution in [0.1, 0.15) is 37.9 Å². The highest BCUT2D eigenvalue weighted by Crippen LogP contribution is 2.34. The van der Waals surface area contributed by atoms with Crippen LogP contribution in [0.4, 0.5) is 5.69 Å². The molecule has 2 aromatic heterocycles. The van der Waals surface area contributed by atoms with E-state index in [2.05, 4.69) is 38.0 Å². The average Bonchev–Trinajstić information content (AvgIpc) is 2.96. The van der Waals surface area contributed by atoms with Crippen molar-refractivity contribution in [3.63, 3.8) is 0 Å². The molecule has 0 saturated carbocycles. The molecule has 0 amide bonds. The van der Waals surface area contributed by atoms with Crippen LogP contribution in [0, 0.1) is 13.8 Å². The van der Waals surface area contributed by atoms with Crippen LogP contribution < -0.4 is 4.74 Å². The summed E-state index contributed by atoms with van der Waals surface area (Å²) in [6.07, 6.45) is 1.79. The summed E-state index contributed by atoms with van der Waals surface area (Å²) in [5.41, 5.74) is 1.71. The van der Waals surface area contributed by atoms with Crippen LogP contribution in [0.2, 0.25) is 0 Å². The van der Waals surface area contributed by atoms with E-state index in [1.807, 2.05) is 51.8 Å². The van der Waals surface area contributed by atoms with Crippen molar-refractivity contribution in [1.29, 1.82) is 0 Å². The maximum atomic E-state index is 6.06. The molecule has 0 fully saturated rings. The van der Waals surface area contributed by atoms with Crippen molar-refractivity contribution >= 4 is 28.0 Å². The molecular formula is C17H23BrN4O2. The molecule has 0 aliphatic carbocycles. The molecule has 6 nitrogen and oxygen atoms in total. The Balaban J connectivity index is 2.26. The van der Waals surface area contributed by atoms with E-state index >= 15 is 0 Å². The largest absolute Gasteiger partial charge is 0.463 e. The fourth-order valence-corrected chi connectivity index (χ4v) is 2.32. The minimum Gasteiger partial charge on any atom is -0.463 e. The first-order valence-corrected chi connectivity index (χ1v) is 8.56. The molecule has 0 saturated heterocycles. The molecule has 0 spiro atoms. The summed E-state index contributed by atoms with van der Waals surface area (Å²) in [5, 5.41) is 3.92. The molecule has 0 aromatic carbocycles. The van der Waals surface area contributed by atoms with Gasteiger partial charge in [-0.2, -0.15) is 0 Å². The highest BCUT2D eigenvalue weighted by atomic mass is 79.9. The molecule has 0 radical (unpaired) electrons. The first-order valence-electron chi connectivity index (χ1n) is 7.77. The Hall–Kier alpha value is -1.89. The van der Waals surface area contributed by atoms with E-state index in [4.69, 9.17) is 9.26 Å². The highest BCUT2D eigenvalue weighted by molar-refractivity contribution is 9.10. The molecular weight excluding hydrogens is 372 g/mol. The van der Waals surface area contributed by atoms with Crippen molar-refractivity contribution < 1.29 is 9.26 Å². The van der Waals surface area contributed by atoms with Gasteiger partial charge < -0.3 is 14.2 Å². The number of aromatic nitrogens is 2. The van der Waals surface area contributed by atoms with E-state index in [1.54, 1.807) is 6.34 Å². The van der Waals surface area contributed by atoms with Gasteiger partial charge >= 0.3 is 0 Å². The Labute approximate surface area is 151 Å². The fourth-order valence-electron chi connectivity index (χ4n) is 1.93. The lowest BCUT2D eigenvalue weighted by Gasteiger charge is -2.23. The lowest BCUT2D eigenvalue weighted by molar-refractivity contribution is 0.0686. The predicted octanol–water partition coefficient (Wildman–Crippen LogP) is 4.37. The molecule has 0 unspecified atom stereocenters. The van der Waals surface area contributed by atoms with Crippen LogP contribution >= 0.6 is 15.9 Å². The van der Waals surface area contributed by atoms with Gasteiger partial charge in [-0.25, -0.2) is 9.98 Å². The van der Waals surface area contributed by atoms with Crippen LogP contribution in [0.5, 0.6) is 5.88 Å². The van der Waals surface area contributed by atoms with Crippen LogP contribution in [-0.4, -0.2) is 35.0 Å². The van der Waals surface area contributed by atoms with Gasteiger partial charge in [0.1, 0.15) is 0 Å². The molecule has 0 N–H and O–H groups in total. The van der Waals surface area contributed by atoms with Crippen LogP contribution in [-0.2, 0) is 5.60 Å². The number of halogens is 1. The van der Waals surface area contributed by atoms with E-state index in [0.29, 0.717) is 11.6 Å². The zero-order valence-electron chi connectivity index (χ0n) is 14.9. The Morgan fingerprint density at radius 3 is 2.67 bits per heavy atom. The molecule has 2 rings (SSSR count). The van der Waals surface area contributed by atoms with Gasteiger partial charge in [-0.1, -0.05) is 5.16 Å². The number of hydrogen-bond donors (Lipinski definition) is 0. The minimum atomic E-state index is -0.684. The Morgan fingerprint density at radius 2 is 2.08 bits per heavy atom. The third kappa shape index (κ3) is 4.35. The third-order valence-electron chi connectivity index (χ3n) is 3.57. The molecule has 24 heavy (non-hydrogen) atoms. The second kappa shape index (κ2) is 7.34. The number of ether oxygens (including phenoxy) is 1. The third-order valence-corrected chi connectivity index (χ3v) is 4.14. The summed E-state index contributed by atoms with van der Waals surface area (Å²) in [4.78, 5) is 11.0. The number of hydrogen-bond acceptors (Lipinski definition) is 5. The standard InChI is InChI=1S/C17H23BrN4O2/c1-7-22(6)10-19-14-9-13(18)16(20-12(14)3)23-17(4,5)15-8-11(2)21-24-15/h8-10H,7H2,1-6H3. The Morgan fingerprint density at radius 1 is 1.38 bits per heavy atom. The van der Waals surface area contributed by atoms with Gasteiger partial charge in [-0.15, -0.1) is 0 Å². The van der Waals surface area contributed by atoms with Crippen molar-refractivity contribution in [2.24, 2.45) is 4.99 Å². The summed E-state index contributed by atoms with van der Waals surface area (Å²) >= 11 is 3.51. The zero-order valence-corrected chi connectivity index (χ0v) is 16.5. The van der Waals surface area contributed by atoms with Crippen LogP contribution in [0.15, 0.2) is 26.1 Å². The van der Waals surface area contributed by atoms with Crippen molar-refractivity contribution in [2.75, 3.05) is 13.6 Å². The van der Waals surface area contributed by atoms with E-state index in [1.165, 1.54) is 0 Å². The molecule has 0 bridgehead atoms. The van der Waals surface area contributed by atoms with Gasteiger partial charge in [-0.3, -0.25) is 0 Å². The van der Waals surface area contributed by atoms with Gasteiger partial charge in [-0.05, 0) is 56.6 Å². The summed E-state index contributed by atoms with van der Waals surface area (Å²) < 4.78 is 12.1. The molecule has 0 aliphatic heterocycles. The van der Waals surface area contributed by atoms with Gasteiger partial charge in [0.25, 0.3) is 0 Å². The summed E-state index contributed by atoms with van der Waals surface area (Å²) in [7, 11) is 1.97. The van der Waals surface area contributed by atoms with Gasteiger partial charge in [0.15, 0.2) is 11.4 Å². The lowest BCUT2D eigenvalue weighted by atomic mass is 10.1. The van der Waals surface area contributed by atoms with Crippen LogP contribution in [0.25, 0.3) is 0 Å². The quantitative estimate of drug-likeness (QED) is 0.537. The number of aryl methyl sites for hydroxylation is 2. The van der Waals surface area contributed by atoms with Crippen molar-refractivity contribution in [1.82, 2.24) is 15.0 Å². The second-order valence-corrected chi connectivity index (χ2v) is 7.00. The topological polar surface area (TPSA) is 63.8 Å². The smallest absolute Gasteiger partial charge is 0.229 e. The molecule has 130 valence electrons. The SMILES string of the molecule is CCN(C)C=Nc1cc(Br)c(OC(C)(C)c2cc(C)no2)nc1C. The van der Waals surface area contributed by atoms with Crippen molar-refractivity contribution in [3.8, 4) is 5.88 Å². The van der Waals surface area contributed by atoms with E-state index in [0.717, 1.165) is 28.1 Å². The molecule has 0 atom stereocenters. The van der Waals surface area contributed by atoms with E-state index < -0.39 is 5.60 Å². The molecule has 2 aromatic rings. The zero-order chi connectivity index (χ0) is 17.9. The van der Waals surface area contributed by atoms with Crippen molar-refractivity contribution in [3.05, 3.63) is 33.8 Å². The van der Waals surface area contributed by atoms with Gasteiger partial charge in [0.2, 0.25) is 5.88 Å². The van der Waals surface area contributed by atoms with Crippen molar-refractivity contribution in [2.45, 2.75) is 40.2 Å². The molecule has 2 heterocycles. The second-order valence-electron chi connectivity index (χ2n) is 6.14. The first kappa shape index (κ1) is 18.4. The average molecular weight is 395 g/mol. The normalized spacial score (nSPS) is 12.0. The van der Waals surface area contributed by atoms with Crippen LogP contribution in [0.3, 0.4) is 0 Å². The van der Waals surface area contributed by atoms with Gasteiger partial charge in [0.05, 0.1) is 27.9 Å². The summed E-state index contributed by atoms with van der Waals surface area (Å²) in [6, 6.07) is 3.76. The number of nitrogens with zero attached hydrogens (tertiary/aromatic N) is 4. The monoisotopic (exact) mass is 394 g/mol. The molecule has 7 heteroatoms. The number of rotatable bonds is 6. The highest BCUT2D eigenvalue weighted by Gasteiger charge is 2.29. The maximum Gasteiger partial charge on any atom is 0.229 e. The van der Waals surface area contributed by atoms with E-state index in [-0.39, 0.29) is 0 Å². The number of pyridine rings is 1. The summed E-state index contributed by atoms with van der Waals surface area (Å²) in [5.74, 6) is 1.15. The Kier molecular flexibility index (Phi) is 5.64. The Bertz CT molecular complexity index is 740. The lowest BCUT2D eigenvalue weighted by Crippen LogP contribution is -2.25. The van der Waals surface area contributed by atoms with Gasteiger partial charge in [0, 0.05) is 19.7 Å². The first-order chi connectivity index (χ1) is 11.2. The minimum absolute atomic E-state index is 0.495. The number of aliphatic imine (C=N–C) groups is 1. The van der Waals surface area contributed by atoms with E-state index in [9.17, 15) is 0 Å². The maximum absolute atomic E-state index is 6.06. The fraction of sp³-hybridized carbons (Fsp3) is 0.471.